The Bertz CT molecular complexity index is 808. The van der Waals surface area contributed by atoms with Crippen LogP contribution in [0.25, 0.3) is 0 Å². The molecule has 0 radical (unpaired) electrons. The number of hydrogen-bond donors (Lipinski definition) is 0. The summed E-state index contributed by atoms with van der Waals surface area (Å²) in [6.45, 7) is 3.07. The summed E-state index contributed by atoms with van der Waals surface area (Å²) in [4.78, 5) is 51.0. The minimum absolute atomic E-state index is 0.0614. The van der Waals surface area contributed by atoms with Crippen molar-refractivity contribution in [1.29, 1.82) is 0 Å². The fraction of sp³-hybridized carbons (Fsp3) is 0.222. The Hall–Kier alpha value is -3.02. The van der Waals surface area contributed by atoms with Gasteiger partial charge in [0.25, 0.3) is 23.6 Å². The van der Waals surface area contributed by atoms with E-state index in [1.807, 2.05) is 6.07 Å². The van der Waals surface area contributed by atoms with Gasteiger partial charge in [0.05, 0.1) is 12.6 Å². The summed E-state index contributed by atoms with van der Waals surface area (Å²) >= 11 is 0. The van der Waals surface area contributed by atoms with E-state index in [0.29, 0.717) is 16.7 Å². The van der Waals surface area contributed by atoms with Crippen LogP contribution in [0.3, 0.4) is 0 Å². The highest BCUT2D eigenvalue weighted by Crippen LogP contribution is 2.29. The van der Waals surface area contributed by atoms with Crippen LogP contribution in [0, 0.1) is 0 Å². The number of nitrogens with zero attached hydrogens (tertiary/aromatic N) is 2. The SMILES string of the molecule is CC1=CC(=O)N(CC(c2ccccc2)N2C(=O)C=C(C)C2=O)C1=O. The van der Waals surface area contributed by atoms with Gasteiger partial charge in [-0.25, -0.2) is 0 Å². The van der Waals surface area contributed by atoms with E-state index in [9.17, 15) is 19.2 Å². The lowest BCUT2D eigenvalue weighted by atomic mass is 10.0. The van der Waals surface area contributed by atoms with E-state index in [1.165, 1.54) is 12.2 Å². The standard InChI is InChI=1S/C18H16N2O4/c1-11-8-15(21)19(17(11)23)10-14(13-6-4-3-5-7-13)20-16(22)9-12(2)18(20)24/h3-9,14H,10H2,1-2H3. The molecule has 0 N–H and O–H groups in total. The molecule has 24 heavy (non-hydrogen) atoms. The Morgan fingerprint density at radius 1 is 0.833 bits per heavy atom. The number of amides is 4. The Morgan fingerprint density at radius 3 is 1.92 bits per heavy atom. The molecule has 1 aromatic carbocycles. The highest BCUT2D eigenvalue weighted by Gasteiger charge is 2.39. The van der Waals surface area contributed by atoms with Crippen LogP contribution in [0.2, 0.25) is 0 Å². The summed E-state index contributed by atoms with van der Waals surface area (Å²) in [7, 11) is 0. The predicted octanol–water partition coefficient (Wildman–Crippen LogP) is 1.36. The molecule has 0 aromatic heterocycles. The minimum atomic E-state index is -0.716. The van der Waals surface area contributed by atoms with Crippen molar-refractivity contribution >= 4 is 23.6 Å². The molecule has 2 aliphatic rings. The molecule has 0 fully saturated rings. The van der Waals surface area contributed by atoms with Crippen molar-refractivity contribution in [3.63, 3.8) is 0 Å². The molecular weight excluding hydrogens is 308 g/mol. The minimum Gasteiger partial charge on any atom is -0.273 e. The zero-order valence-electron chi connectivity index (χ0n) is 13.4. The number of rotatable bonds is 4. The zero-order valence-corrected chi connectivity index (χ0v) is 13.4. The predicted molar refractivity (Wildman–Crippen MR) is 85.3 cm³/mol. The molecule has 1 unspecified atom stereocenters. The van der Waals surface area contributed by atoms with Gasteiger partial charge in [-0.3, -0.25) is 29.0 Å². The zero-order chi connectivity index (χ0) is 17.4. The first-order chi connectivity index (χ1) is 11.4. The molecule has 1 atom stereocenters. The van der Waals surface area contributed by atoms with E-state index in [1.54, 1.807) is 38.1 Å². The summed E-state index contributed by atoms with van der Waals surface area (Å²) < 4.78 is 0. The van der Waals surface area contributed by atoms with Gasteiger partial charge >= 0.3 is 0 Å². The van der Waals surface area contributed by atoms with Gasteiger partial charge < -0.3 is 0 Å². The van der Waals surface area contributed by atoms with E-state index >= 15 is 0 Å². The Kier molecular flexibility index (Phi) is 3.89. The van der Waals surface area contributed by atoms with Gasteiger partial charge in [0.2, 0.25) is 0 Å². The van der Waals surface area contributed by atoms with Crippen LogP contribution in [0.4, 0.5) is 0 Å². The van der Waals surface area contributed by atoms with E-state index < -0.39 is 29.7 Å². The summed E-state index contributed by atoms with van der Waals surface area (Å²) in [6, 6.07) is 8.20. The Balaban J connectivity index is 1.96. The quantitative estimate of drug-likeness (QED) is 0.784. The first-order valence-corrected chi connectivity index (χ1v) is 7.55. The van der Waals surface area contributed by atoms with Gasteiger partial charge in [-0.1, -0.05) is 30.3 Å². The fourth-order valence-corrected chi connectivity index (χ4v) is 2.90. The molecule has 1 aromatic rings. The first kappa shape index (κ1) is 15.9. The number of imide groups is 2. The second-order valence-corrected chi connectivity index (χ2v) is 5.85. The van der Waals surface area contributed by atoms with Crippen molar-refractivity contribution in [2.75, 3.05) is 6.54 Å². The molecule has 4 amide bonds. The van der Waals surface area contributed by atoms with Crippen molar-refractivity contribution in [2.24, 2.45) is 0 Å². The number of carbonyl (C=O) groups excluding carboxylic acids is 4. The van der Waals surface area contributed by atoms with Gasteiger partial charge in [-0.2, -0.15) is 0 Å². The van der Waals surface area contributed by atoms with Crippen LogP contribution in [0.1, 0.15) is 25.5 Å². The van der Waals surface area contributed by atoms with E-state index in [2.05, 4.69) is 0 Å². The van der Waals surface area contributed by atoms with Crippen molar-refractivity contribution in [1.82, 2.24) is 9.80 Å². The van der Waals surface area contributed by atoms with Gasteiger partial charge in [-0.15, -0.1) is 0 Å². The molecule has 122 valence electrons. The molecule has 6 heteroatoms. The van der Waals surface area contributed by atoms with Crippen LogP contribution < -0.4 is 0 Å². The molecule has 0 spiro atoms. The molecule has 2 aliphatic heterocycles. The summed E-state index contributed by atoms with van der Waals surface area (Å²) in [5, 5.41) is 0. The average molecular weight is 324 g/mol. The number of hydrogen-bond acceptors (Lipinski definition) is 4. The van der Waals surface area contributed by atoms with Crippen LogP contribution in [-0.2, 0) is 19.2 Å². The van der Waals surface area contributed by atoms with Crippen LogP contribution in [0.5, 0.6) is 0 Å². The van der Waals surface area contributed by atoms with Crippen molar-refractivity contribution in [3.8, 4) is 0 Å². The van der Waals surface area contributed by atoms with Crippen molar-refractivity contribution in [3.05, 3.63) is 59.2 Å². The lowest BCUT2D eigenvalue weighted by Crippen LogP contribution is -2.44. The molecule has 0 bridgehead atoms. The first-order valence-electron chi connectivity index (χ1n) is 7.55. The maximum atomic E-state index is 12.4. The van der Waals surface area contributed by atoms with Crippen molar-refractivity contribution in [2.45, 2.75) is 19.9 Å². The summed E-state index contributed by atoms with van der Waals surface area (Å²) in [5.41, 5.74) is 1.38. The van der Waals surface area contributed by atoms with Crippen LogP contribution in [0.15, 0.2) is 53.6 Å². The van der Waals surface area contributed by atoms with E-state index in [4.69, 9.17) is 0 Å². The lowest BCUT2D eigenvalue weighted by molar-refractivity contribution is -0.145. The van der Waals surface area contributed by atoms with Crippen LogP contribution in [-0.4, -0.2) is 40.0 Å². The molecular formula is C18H16N2O4. The topological polar surface area (TPSA) is 74.8 Å². The van der Waals surface area contributed by atoms with Gasteiger partial charge in [0, 0.05) is 23.3 Å². The molecule has 2 heterocycles. The third kappa shape index (κ3) is 2.56. The summed E-state index contributed by atoms with van der Waals surface area (Å²) in [5.74, 6) is -1.67. The Labute approximate surface area is 139 Å². The van der Waals surface area contributed by atoms with Gasteiger partial charge in [-0.05, 0) is 19.4 Å². The largest absolute Gasteiger partial charge is 0.273 e. The van der Waals surface area contributed by atoms with Gasteiger partial charge in [0.1, 0.15) is 0 Å². The van der Waals surface area contributed by atoms with Crippen LogP contribution >= 0.6 is 0 Å². The lowest BCUT2D eigenvalue weighted by Gasteiger charge is -2.30. The maximum absolute atomic E-state index is 12.4. The van der Waals surface area contributed by atoms with Crippen molar-refractivity contribution < 1.29 is 19.2 Å². The second-order valence-electron chi connectivity index (χ2n) is 5.85. The smallest absolute Gasteiger partial charge is 0.257 e. The molecule has 6 nitrogen and oxygen atoms in total. The van der Waals surface area contributed by atoms with Gasteiger partial charge in [0.15, 0.2) is 0 Å². The number of carbonyl (C=O) groups is 4. The fourth-order valence-electron chi connectivity index (χ4n) is 2.90. The third-order valence-corrected chi connectivity index (χ3v) is 4.17. The average Bonchev–Trinajstić information content (AvgIpc) is 2.95. The monoisotopic (exact) mass is 324 g/mol. The molecule has 0 aliphatic carbocycles. The number of benzene rings is 1. The molecule has 0 saturated heterocycles. The maximum Gasteiger partial charge on any atom is 0.257 e. The summed E-state index contributed by atoms with van der Waals surface area (Å²) in [6.07, 6.45) is 2.54. The second kappa shape index (κ2) is 5.88. The van der Waals surface area contributed by atoms with E-state index in [-0.39, 0.29) is 6.54 Å². The normalized spacial score (nSPS) is 19.1. The highest BCUT2D eigenvalue weighted by atomic mass is 16.2. The third-order valence-electron chi connectivity index (χ3n) is 4.17. The molecule has 0 saturated carbocycles. The highest BCUT2D eigenvalue weighted by molar-refractivity contribution is 6.17. The Morgan fingerprint density at radius 2 is 1.42 bits per heavy atom. The molecule has 3 rings (SSSR count). The van der Waals surface area contributed by atoms with E-state index in [0.717, 1.165) is 9.80 Å².